The van der Waals surface area contributed by atoms with Crippen LogP contribution in [0.5, 0.6) is 5.75 Å². The molecule has 3 aliphatic carbocycles. The van der Waals surface area contributed by atoms with E-state index in [0.29, 0.717) is 30.7 Å². The van der Waals surface area contributed by atoms with Crippen LogP contribution in [0.15, 0.2) is 48.5 Å². The van der Waals surface area contributed by atoms with Crippen molar-refractivity contribution in [1.82, 2.24) is 10.6 Å². The Morgan fingerprint density at radius 3 is 2.86 bits per heavy atom. The number of para-hydroxylation sites is 1. The molecule has 6 rings (SSSR count). The van der Waals surface area contributed by atoms with Gasteiger partial charge in [-0.05, 0) is 55.0 Å². The lowest BCUT2D eigenvalue weighted by molar-refractivity contribution is -0.146. The average Bonchev–Trinajstić information content (AvgIpc) is 2.72. The zero-order chi connectivity index (χ0) is 20.0. The largest absolute Gasteiger partial charge is 0.467 e. The number of hydrogen-bond acceptors (Lipinski definition) is 3. The van der Waals surface area contributed by atoms with Crippen LogP contribution in [0.2, 0.25) is 0 Å². The summed E-state index contributed by atoms with van der Waals surface area (Å²) in [6.45, 7) is 0.316. The maximum Gasteiger partial charge on any atom is 0.258 e. The van der Waals surface area contributed by atoms with Gasteiger partial charge in [-0.2, -0.15) is 0 Å². The van der Waals surface area contributed by atoms with Gasteiger partial charge in [-0.25, -0.2) is 4.39 Å². The predicted octanol–water partition coefficient (Wildman–Crippen LogP) is 3.40. The van der Waals surface area contributed by atoms with Crippen molar-refractivity contribution in [3.8, 4) is 5.75 Å². The molecule has 2 aromatic carbocycles. The van der Waals surface area contributed by atoms with Gasteiger partial charge in [0, 0.05) is 24.8 Å². The van der Waals surface area contributed by atoms with Crippen molar-refractivity contribution in [2.24, 2.45) is 17.8 Å². The monoisotopic (exact) mass is 394 g/mol. The Kier molecular flexibility index (Phi) is 4.30. The SMILES string of the molecule is O=C1N[C@]2(C[C@H]3CC[C@@H]2C[C@@H]3C(=O)NCc2cccc(F)c2)Oc2ccccc21. The van der Waals surface area contributed by atoms with Crippen LogP contribution in [-0.4, -0.2) is 17.5 Å². The van der Waals surface area contributed by atoms with Gasteiger partial charge >= 0.3 is 0 Å². The van der Waals surface area contributed by atoms with E-state index in [1.807, 2.05) is 18.2 Å². The molecule has 1 aliphatic heterocycles. The van der Waals surface area contributed by atoms with Crippen molar-refractivity contribution in [2.45, 2.75) is 38.0 Å². The van der Waals surface area contributed by atoms with E-state index in [0.717, 1.165) is 18.4 Å². The lowest BCUT2D eigenvalue weighted by Crippen LogP contribution is -2.66. The maximum atomic E-state index is 13.3. The normalized spacial score (nSPS) is 29.7. The first kappa shape index (κ1) is 18.2. The van der Waals surface area contributed by atoms with Crippen LogP contribution in [0.1, 0.15) is 41.6 Å². The van der Waals surface area contributed by atoms with Crippen molar-refractivity contribution < 1.29 is 18.7 Å². The van der Waals surface area contributed by atoms with Gasteiger partial charge in [0.15, 0.2) is 5.72 Å². The highest BCUT2D eigenvalue weighted by atomic mass is 19.1. The number of amides is 2. The highest BCUT2D eigenvalue weighted by molar-refractivity contribution is 5.98. The van der Waals surface area contributed by atoms with Crippen molar-refractivity contribution in [3.63, 3.8) is 0 Å². The molecule has 0 saturated heterocycles. The second kappa shape index (κ2) is 6.87. The number of carbonyl (C=O) groups is 2. The summed E-state index contributed by atoms with van der Waals surface area (Å²) < 4.78 is 19.7. The Hall–Kier alpha value is -2.89. The Labute approximate surface area is 168 Å². The first-order valence-electron chi connectivity index (χ1n) is 10.2. The van der Waals surface area contributed by atoms with Gasteiger partial charge in [-0.15, -0.1) is 0 Å². The van der Waals surface area contributed by atoms with Crippen LogP contribution in [0.25, 0.3) is 0 Å². The van der Waals surface area contributed by atoms with Crippen molar-refractivity contribution in [2.75, 3.05) is 0 Å². The van der Waals surface area contributed by atoms with Crippen LogP contribution >= 0.6 is 0 Å². The van der Waals surface area contributed by atoms with Gasteiger partial charge < -0.3 is 15.4 Å². The molecule has 5 nitrogen and oxygen atoms in total. The molecule has 2 aromatic rings. The third-order valence-electron chi connectivity index (χ3n) is 6.66. The fraction of sp³-hybridized carbons (Fsp3) is 0.391. The zero-order valence-electron chi connectivity index (χ0n) is 16.0. The van der Waals surface area contributed by atoms with E-state index in [1.54, 1.807) is 18.2 Å². The van der Waals surface area contributed by atoms with E-state index in [4.69, 9.17) is 4.74 Å². The molecular formula is C23H23FN2O3. The molecule has 2 N–H and O–H groups in total. The van der Waals surface area contributed by atoms with Gasteiger partial charge in [0.25, 0.3) is 5.91 Å². The molecular weight excluding hydrogens is 371 g/mol. The highest BCUT2D eigenvalue weighted by Gasteiger charge is 2.57. The molecule has 4 atom stereocenters. The van der Waals surface area contributed by atoms with Crippen LogP contribution in [0.4, 0.5) is 4.39 Å². The Morgan fingerprint density at radius 1 is 1.21 bits per heavy atom. The Morgan fingerprint density at radius 2 is 2.07 bits per heavy atom. The smallest absolute Gasteiger partial charge is 0.258 e. The van der Waals surface area contributed by atoms with Gasteiger partial charge in [0.1, 0.15) is 11.6 Å². The third-order valence-corrected chi connectivity index (χ3v) is 6.66. The molecule has 2 amide bonds. The quantitative estimate of drug-likeness (QED) is 0.839. The summed E-state index contributed by atoms with van der Waals surface area (Å²) >= 11 is 0. The molecule has 150 valence electrons. The number of ether oxygens (including phenoxy) is 1. The Bertz CT molecular complexity index is 978. The topological polar surface area (TPSA) is 67.4 Å². The fourth-order valence-electron chi connectivity index (χ4n) is 5.25. The van der Waals surface area contributed by atoms with E-state index in [2.05, 4.69) is 10.6 Å². The van der Waals surface area contributed by atoms with Gasteiger partial charge in [0.05, 0.1) is 5.56 Å². The Balaban J connectivity index is 1.29. The minimum Gasteiger partial charge on any atom is -0.467 e. The summed E-state index contributed by atoms with van der Waals surface area (Å²) in [6.07, 6.45) is 3.20. The molecule has 3 saturated carbocycles. The fourth-order valence-corrected chi connectivity index (χ4v) is 5.25. The molecule has 29 heavy (non-hydrogen) atoms. The summed E-state index contributed by atoms with van der Waals surface area (Å²) in [5.74, 6) is 0.350. The summed E-state index contributed by atoms with van der Waals surface area (Å²) in [6, 6.07) is 13.6. The lowest BCUT2D eigenvalue weighted by atomic mass is 9.60. The van der Waals surface area contributed by atoms with E-state index < -0.39 is 5.72 Å². The minimum atomic E-state index is -0.715. The van der Waals surface area contributed by atoms with E-state index in [-0.39, 0.29) is 35.4 Å². The first-order valence-corrected chi connectivity index (χ1v) is 10.2. The van der Waals surface area contributed by atoms with Gasteiger partial charge in [-0.1, -0.05) is 24.3 Å². The van der Waals surface area contributed by atoms with E-state index >= 15 is 0 Å². The summed E-state index contributed by atoms with van der Waals surface area (Å²) in [5, 5.41) is 6.07. The summed E-state index contributed by atoms with van der Waals surface area (Å²) in [4.78, 5) is 25.5. The van der Waals surface area contributed by atoms with Crippen molar-refractivity contribution >= 4 is 11.8 Å². The van der Waals surface area contributed by atoms with Crippen molar-refractivity contribution in [1.29, 1.82) is 0 Å². The molecule has 2 bridgehead atoms. The number of hydrogen-bond donors (Lipinski definition) is 2. The third kappa shape index (κ3) is 3.16. The second-order valence-electron chi connectivity index (χ2n) is 8.37. The standard InChI is InChI=1S/C23H23FN2O3/c24-17-5-3-4-14(10-17)13-25-21(27)19-11-16-9-8-15(19)12-23(16)26-22(28)18-6-1-2-7-20(18)29-23/h1-7,10,15-16,19H,8-9,11-13H2,(H,25,27)(H,26,28)/t15-,16-,19+,23-/m1/s1. The number of benzene rings is 2. The van der Waals surface area contributed by atoms with E-state index in [9.17, 15) is 14.0 Å². The van der Waals surface area contributed by atoms with Gasteiger partial charge in [0.2, 0.25) is 5.91 Å². The first-order chi connectivity index (χ1) is 14.0. The summed E-state index contributed by atoms with van der Waals surface area (Å²) in [7, 11) is 0. The lowest BCUT2D eigenvalue weighted by Gasteiger charge is -2.55. The molecule has 1 heterocycles. The predicted molar refractivity (Wildman–Crippen MR) is 104 cm³/mol. The highest BCUT2D eigenvalue weighted by Crippen LogP contribution is 2.52. The average molecular weight is 394 g/mol. The molecule has 0 aromatic heterocycles. The molecule has 3 fully saturated rings. The van der Waals surface area contributed by atoms with Crippen LogP contribution in [-0.2, 0) is 11.3 Å². The number of carbonyl (C=O) groups excluding carboxylic acids is 2. The second-order valence-corrected chi connectivity index (χ2v) is 8.37. The molecule has 0 unspecified atom stereocenters. The number of fused-ring (bicyclic) bond motifs is 3. The minimum absolute atomic E-state index is 0.00125. The molecule has 4 aliphatic rings. The zero-order valence-corrected chi connectivity index (χ0v) is 16.0. The number of halogens is 1. The molecule has 1 spiro atoms. The van der Waals surface area contributed by atoms with Gasteiger partial charge in [-0.3, -0.25) is 9.59 Å². The molecule has 6 heteroatoms. The van der Waals surface area contributed by atoms with Crippen molar-refractivity contribution in [3.05, 3.63) is 65.5 Å². The summed E-state index contributed by atoms with van der Waals surface area (Å²) in [5.41, 5.74) is 0.590. The maximum absolute atomic E-state index is 13.3. The molecule has 0 radical (unpaired) electrons. The number of rotatable bonds is 3. The van der Waals surface area contributed by atoms with Crippen LogP contribution < -0.4 is 15.4 Å². The van der Waals surface area contributed by atoms with Crippen LogP contribution in [0, 0.1) is 23.6 Å². The van der Waals surface area contributed by atoms with Crippen LogP contribution in [0.3, 0.4) is 0 Å². The van der Waals surface area contributed by atoms with E-state index in [1.165, 1.54) is 12.1 Å². The number of nitrogens with one attached hydrogen (secondary N) is 2.